The second-order valence-corrected chi connectivity index (χ2v) is 8.05. The van der Waals surface area contributed by atoms with Gasteiger partial charge in [-0.25, -0.2) is 4.39 Å². The predicted molar refractivity (Wildman–Crippen MR) is 131 cm³/mol. The van der Waals surface area contributed by atoms with Crippen LogP contribution in [0, 0.1) is 5.82 Å². The Kier molecular flexibility index (Phi) is 5.69. The third-order valence-electron chi connectivity index (χ3n) is 5.35. The molecule has 0 unspecified atom stereocenters. The van der Waals surface area contributed by atoms with Gasteiger partial charge in [-0.3, -0.25) is 14.8 Å². The summed E-state index contributed by atoms with van der Waals surface area (Å²) in [7, 11) is 0. The van der Waals surface area contributed by atoms with Gasteiger partial charge in [-0.1, -0.05) is 41.9 Å². The molecular formula is C26H18ClFN4O2. The van der Waals surface area contributed by atoms with Gasteiger partial charge in [0.15, 0.2) is 11.4 Å². The first-order valence-corrected chi connectivity index (χ1v) is 10.8. The van der Waals surface area contributed by atoms with Crippen LogP contribution in [-0.2, 0) is 6.42 Å². The molecule has 8 heteroatoms. The van der Waals surface area contributed by atoms with Crippen LogP contribution in [0.25, 0.3) is 22.2 Å². The number of carbonyl (C=O) groups is 1. The van der Waals surface area contributed by atoms with Crippen molar-refractivity contribution in [3.8, 4) is 11.3 Å². The van der Waals surface area contributed by atoms with Crippen molar-refractivity contribution in [3.05, 3.63) is 101 Å². The number of nitrogens with two attached hydrogens (primary N) is 1. The average molecular weight is 473 g/mol. The minimum absolute atomic E-state index is 0.0109. The summed E-state index contributed by atoms with van der Waals surface area (Å²) in [5, 5.41) is 3.80. The molecule has 0 saturated carbocycles. The SMILES string of the molecule is Nc1oc2c(-c3ccnc(C(=O)Cc4ccccc4)c3)nccc2c1Nc1ccc(F)c(Cl)c1. The van der Waals surface area contributed by atoms with Crippen molar-refractivity contribution < 1.29 is 13.6 Å². The summed E-state index contributed by atoms with van der Waals surface area (Å²) in [4.78, 5) is 21.5. The van der Waals surface area contributed by atoms with Crippen molar-refractivity contribution in [2.75, 3.05) is 11.1 Å². The standard InChI is InChI=1S/C26H18ClFN4O2/c27-19-14-17(6-7-20(19)28)32-24-18-9-11-31-23(25(18)34-26(24)29)16-8-10-30-21(13-16)22(33)12-15-4-2-1-3-5-15/h1-11,13-14,32H,12,29H2. The van der Waals surface area contributed by atoms with E-state index < -0.39 is 5.82 Å². The first kappa shape index (κ1) is 21.6. The van der Waals surface area contributed by atoms with Gasteiger partial charge in [0.2, 0.25) is 5.88 Å². The number of nitrogens with zero attached hydrogens (tertiary/aromatic N) is 2. The van der Waals surface area contributed by atoms with Gasteiger partial charge >= 0.3 is 0 Å². The van der Waals surface area contributed by atoms with E-state index in [1.807, 2.05) is 30.3 Å². The Morgan fingerprint density at radius 1 is 1.03 bits per heavy atom. The third-order valence-corrected chi connectivity index (χ3v) is 5.64. The molecule has 0 amide bonds. The van der Waals surface area contributed by atoms with Gasteiger partial charge in [-0.05, 0) is 42.0 Å². The van der Waals surface area contributed by atoms with Crippen LogP contribution in [0.1, 0.15) is 16.1 Å². The lowest BCUT2D eigenvalue weighted by Gasteiger charge is -2.07. The van der Waals surface area contributed by atoms with Crippen molar-refractivity contribution in [1.82, 2.24) is 9.97 Å². The summed E-state index contributed by atoms with van der Waals surface area (Å²) in [6, 6.07) is 19.0. The van der Waals surface area contributed by atoms with E-state index in [1.165, 1.54) is 12.1 Å². The zero-order valence-electron chi connectivity index (χ0n) is 17.8. The van der Waals surface area contributed by atoms with Crippen LogP contribution in [0.4, 0.5) is 21.6 Å². The highest BCUT2D eigenvalue weighted by Gasteiger charge is 2.19. The summed E-state index contributed by atoms with van der Waals surface area (Å²) in [5.74, 6) is -0.479. The van der Waals surface area contributed by atoms with Gasteiger partial charge in [0.1, 0.15) is 22.9 Å². The highest BCUT2D eigenvalue weighted by Crippen LogP contribution is 2.39. The van der Waals surface area contributed by atoms with E-state index in [0.29, 0.717) is 39.3 Å². The van der Waals surface area contributed by atoms with Crippen molar-refractivity contribution in [2.45, 2.75) is 6.42 Å². The Bertz CT molecular complexity index is 1520. The summed E-state index contributed by atoms with van der Waals surface area (Å²) in [6.07, 6.45) is 3.44. The predicted octanol–water partition coefficient (Wildman–Crippen LogP) is 6.43. The Morgan fingerprint density at radius 2 is 1.82 bits per heavy atom. The molecule has 3 N–H and O–H groups in total. The topological polar surface area (TPSA) is 94.0 Å². The zero-order valence-corrected chi connectivity index (χ0v) is 18.5. The number of benzene rings is 2. The van der Waals surface area contributed by atoms with Gasteiger partial charge < -0.3 is 15.5 Å². The summed E-state index contributed by atoms with van der Waals surface area (Å²) >= 11 is 5.90. The smallest absolute Gasteiger partial charge is 0.215 e. The first-order valence-electron chi connectivity index (χ1n) is 10.4. The molecule has 0 atom stereocenters. The van der Waals surface area contributed by atoms with Crippen LogP contribution < -0.4 is 11.1 Å². The molecule has 168 valence electrons. The number of aromatic nitrogens is 2. The molecule has 6 nitrogen and oxygen atoms in total. The molecule has 0 fully saturated rings. The summed E-state index contributed by atoms with van der Waals surface area (Å²) < 4.78 is 19.4. The molecule has 5 rings (SSSR count). The maximum atomic E-state index is 13.5. The molecule has 2 aromatic carbocycles. The van der Waals surface area contributed by atoms with Crippen molar-refractivity contribution in [1.29, 1.82) is 0 Å². The van der Waals surface area contributed by atoms with Crippen LogP contribution in [0.15, 0.2) is 83.5 Å². The Morgan fingerprint density at radius 3 is 2.62 bits per heavy atom. The van der Waals surface area contributed by atoms with Crippen LogP contribution in [-0.4, -0.2) is 15.8 Å². The van der Waals surface area contributed by atoms with E-state index in [1.54, 1.807) is 36.7 Å². The number of furan rings is 1. The van der Waals surface area contributed by atoms with Crippen molar-refractivity contribution in [3.63, 3.8) is 0 Å². The number of hydrogen-bond donors (Lipinski definition) is 2. The number of nitrogen functional groups attached to an aromatic ring is 1. The van der Waals surface area contributed by atoms with Crippen LogP contribution >= 0.6 is 11.6 Å². The molecule has 5 aromatic rings. The maximum absolute atomic E-state index is 13.5. The molecule has 3 heterocycles. The highest BCUT2D eigenvalue weighted by atomic mass is 35.5. The van der Waals surface area contributed by atoms with E-state index in [0.717, 1.165) is 5.56 Å². The zero-order chi connectivity index (χ0) is 23.7. The summed E-state index contributed by atoms with van der Waals surface area (Å²) in [5.41, 5.74) is 10.1. The third kappa shape index (κ3) is 4.21. The quantitative estimate of drug-likeness (QED) is 0.276. The number of rotatable bonds is 6. The van der Waals surface area contributed by atoms with Crippen molar-refractivity contribution >= 4 is 45.6 Å². The lowest BCUT2D eigenvalue weighted by molar-refractivity contribution is 0.0988. The second kappa shape index (κ2) is 8.96. The lowest BCUT2D eigenvalue weighted by atomic mass is 10.0. The number of pyridine rings is 2. The van der Waals surface area contributed by atoms with Crippen LogP contribution in [0.2, 0.25) is 5.02 Å². The molecule has 0 radical (unpaired) electrons. The Labute approximate surface area is 199 Å². The van der Waals surface area contributed by atoms with E-state index in [-0.39, 0.29) is 23.1 Å². The minimum Gasteiger partial charge on any atom is -0.436 e. The Balaban J connectivity index is 1.50. The molecule has 0 aliphatic rings. The molecule has 0 aliphatic heterocycles. The molecule has 0 bridgehead atoms. The fraction of sp³-hybridized carbons (Fsp3) is 0.0385. The average Bonchev–Trinajstić information content (AvgIpc) is 3.17. The van der Waals surface area contributed by atoms with Crippen LogP contribution in [0.5, 0.6) is 0 Å². The number of Topliss-reactive ketones (excluding diaryl/α,β-unsaturated/α-hetero) is 1. The van der Waals surface area contributed by atoms with E-state index in [4.69, 9.17) is 21.8 Å². The number of hydrogen-bond acceptors (Lipinski definition) is 6. The number of carbonyl (C=O) groups excluding carboxylic acids is 1. The van der Waals surface area contributed by atoms with Crippen molar-refractivity contribution in [2.24, 2.45) is 0 Å². The van der Waals surface area contributed by atoms with Gasteiger partial charge in [0.05, 0.1) is 10.4 Å². The molecule has 0 aliphatic carbocycles. The fourth-order valence-electron chi connectivity index (χ4n) is 3.70. The van der Waals surface area contributed by atoms with Crippen LogP contribution in [0.3, 0.4) is 0 Å². The summed E-state index contributed by atoms with van der Waals surface area (Å²) in [6.45, 7) is 0. The molecular weight excluding hydrogens is 455 g/mol. The van der Waals surface area contributed by atoms with E-state index in [2.05, 4.69) is 15.3 Å². The van der Waals surface area contributed by atoms with Gasteiger partial charge in [-0.15, -0.1) is 0 Å². The largest absolute Gasteiger partial charge is 0.436 e. The number of fused-ring (bicyclic) bond motifs is 1. The van der Waals surface area contributed by atoms with E-state index >= 15 is 0 Å². The van der Waals surface area contributed by atoms with Gasteiger partial charge in [0, 0.05) is 30.1 Å². The first-order chi connectivity index (χ1) is 16.5. The second-order valence-electron chi connectivity index (χ2n) is 7.65. The number of ketones is 1. The van der Waals surface area contributed by atoms with E-state index in [9.17, 15) is 9.18 Å². The molecule has 3 aromatic heterocycles. The Hall–Kier alpha value is -4.23. The number of halogens is 2. The monoisotopic (exact) mass is 472 g/mol. The number of anilines is 3. The number of nitrogens with one attached hydrogen (secondary N) is 1. The van der Waals surface area contributed by atoms with Gasteiger partial charge in [-0.2, -0.15) is 0 Å². The lowest BCUT2D eigenvalue weighted by Crippen LogP contribution is -2.06. The molecule has 34 heavy (non-hydrogen) atoms. The highest BCUT2D eigenvalue weighted by molar-refractivity contribution is 6.31. The normalized spacial score (nSPS) is 11.0. The maximum Gasteiger partial charge on any atom is 0.215 e. The minimum atomic E-state index is -0.515. The van der Waals surface area contributed by atoms with Gasteiger partial charge in [0.25, 0.3) is 0 Å². The fourth-order valence-corrected chi connectivity index (χ4v) is 3.88. The molecule has 0 spiro atoms. The molecule has 0 saturated heterocycles.